The molecule has 1 atom stereocenters. The van der Waals surface area contributed by atoms with Gasteiger partial charge >= 0.3 is 0 Å². The summed E-state index contributed by atoms with van der Waals surface area (Å²) in [4.78, 5) is 4.31. The zero-order valence-electron chi connectivity index (χ0n) is 13.2. The number of nitrogens with one attached hydrogen (secondary N) is 1. The molecule has 3 nitrogen and oxygen atoms in total. The highest BCUT2D eigenvalue weighted by molar-refractivity contribution is 4.99. The molecule has 0 amide bonds. The fraction of sp³-hybridized carbons (Fsp3) is 0.812. The van der Waals surface area contributed by atoms with E-state index in [1.165, 1.54) is 37.8 Å². The summed E-state index contributed by atoms with van der Waals surface area (Å²) >= 11 is 0. The van der Waals surface area contributed by atoms with Crippen molar-refractivity contribution in [3.05, 3.63) is 18.2 Å². The molecular formula is C16H31N3. The van der Waals surface area contributed by atoms with Crippen molar-refractivity contribution >= 4 is 0 Å². The van der Waals surface area contributed by atoms with Gasteiger partial charge in [0.1, 0.15) is 0 Å². The van der Waals surface area contributed by atoms with Gasteiger partial charge in [-0.05, 0) is 25.8 Å². The van der Waals surface area contributed by atoms with E-state index in [0.29, 0.717) is 12.0 Å². The fourth-order valence-electron chi connectivity index (χ4n) is 2.36. The van der Waals surface area contributed by atoms with Crippen LogP contribution in [0.3, 0.4) is 0 Å². The Morgan fingerprint density at radius 3 is 2.68 bits per heavy atom. The Kier molecular flexibility index (Phi) is 7.80. The van der Waals surface area contributed by atoms with Crippen LogP contribution in [0, 0.1) is 5.92 Å². The smallest absolute Gasteiger partial charge is 0.0951 e. The Morgan fingerprint density at radius 1 is 1.21 bits per heavy atom. The van der Waals surface area contributed by atoms with E-state index in [1.54, 1.807) is 0 Å². The Labute approximate surface area is 118 Å². The molecule has 1 N–H and O–H groups in total. The molecule has 0 aliphatic heterocycles. The van der Waals surface area contributed by atoms with Crippen LogP contribution in [0.2, 0.25) is 0 Å². The predicted octanol–water partition coefficient (Wildman–Crippen LogP) is 4.16. The average Bonchev–Trinajstić information content (AvgIpc) is 2.82. The molecule has 1 aromatic rings. The first-order valence-corrected chi connectivity index (χ1v) is 7.86. The van der Waals surface area contributed by atoms with E-state index in [0.717, 1.165) is 13.1 Å². The molecule has 0 aliphatic carbocycles. The Hall–Kier alpha value is -0.830. The third-order valence-electron chi connectivity index (χ3n) is 3.56. The predicted molar refractivity (Wildman–Crippen MR) is 82.2 cm³/mol. The summed E-state index contributed by atoms with van der Waals surface area (Å²) < 4.78 is 2.33. The lowest BCUT2D eigenvalue weighted by Gasteiger charge is -2.17. The quantitative estimate of drug-likeness (QED) is 0.644. The lowest BCUT2D eigenvalue weighted by molar-refractivity contribution is 0.450. The second kappa shape index (κ2) is 9.13. The largest absolute Gasteiger partial charge is 0.331 e. The Morgan fingerprint density at radius 2 is 2.00 bits per heavy atom. The van der Waals surface area contributed by atoms with Gasteiger partial charge in [0.2, 0.25) is 0 Å². The topological polar surface area (TPSA) is 29.9 Å². The molecule has 1 aromatic heterocycles. The van der Waals surface area contributed by atoms with Gasteiger partial charge in [-0.15, -0.1) is 0 Å². The molecule has 3 heteroatoms. The highest BCUT2D eigenvalue weighted by atomic mass is 15.1. The van der Waals surface area contributed by atoms with Crippen LogP contribution in [0.4, 0.5) is 0 Å². The monoisotopic (exact) mass is 265 g/mol. The average molecular weight is 265 g/mol. The van der Waals surface area contributed by atoms with E-state index in [2.05, 4.69) is 42.6 Å². The van der Waals surface area contributed by atoms with Crippen molar-refractivity contribution in [1.29, 1.82) is 0 Å². The molecule has 1 unspecified atom stereocenters. The van der Waals surface area contributed by atoms with E-state index < -0.39 is 0 Å². The number of rotatable bonds is 10. The second-order valence-electron chi connectivity index (χ2n) is 6.02. The summed E-state index contributed by atoms with van der Waals surface area (Å²) in [5.41, 5.74) is 1.31. The number of aromatic nitrogens is 2. The van der Waals surface area contributed by atoms with E-state index >= 15 is 0 Å². The molecule has 110 valence electrons. The third kappa shape index (κ3) is 6.24. The van der Waals surface area contributed by atoms with Gasteiger partial charge in [-0.3, -0.25) is 0 Å². The highest BCUT2D eigenvalue weighted by Crippen LogP contribution is 2.17. The van der Waals surface area contributed by atoms with E-state index in [9.17, 15) is 0 Å². The summed E-state index contributed by atoms with van der Waals surface area (Å²) in [7, 11) is 0. The Bertz CT molecular complexity index is 330. The zero-order chi connectivity index (χ0) is 14.1. The molecule has 0 spiro atoms. The van der Waals surface area contributed by atoms with Crippen LogP contribution < -0.4 is 5.32 Å². The Balaban J connectivity index is 2.37. The molecule has 0 aromatic carbocycles. The minimum absolute atomic E-state index is 0.565. The van der Waals surface area contributed by atoms with E-state index in [4.69, 9.17) is 0 Å². The van der Waals surface area contributed by atoms with Crippen molar-refractivity contribution in [2.45, 2.75) is 72.4 Å². The third-order valence-corrected chi connectivity index (χ3v) is 3.56. The number of hydrogen-bond acceptors (Lipinski definition) is 2. The van der Waals surface area contributed by atoms with Gasteiger partial charge in [-0.25, -0.2) is 4.98 Å². The van der Waals surface area contributed by atoms with Gasteiger partial charge in [0.05, 0.1) is 12.0 Å². The number of unbranched alkanes of at least 4 members (excludes halogenated alkanes) is 3. The van der Waals surface area contributed by atoms with Crippen molar-refractivity contribution in [2.75, 3.05) is 6.54 Å². The van der Waals surface area contributed by atoms with Crippen LogP contribution in [-0.2, 0) is 6.54 Å². The van der Waals surface area contributed by atoms with Gasteiger partial charge < -0.3 is 9.88 Å². The van der Waals surface area contributed by atoms with Crippen molar-refractivity contribution in [1.82, 2.24) is 14.9 Å². The molecule has 1 rings (SSSR count). The first kappa shape index (κ1) is 16.2. The van der Waals surface area contributed by atoms with Crippen LogP contribution in [-0.4, -0.2) is 16.1 Å². The summed E-state index contributed by atoms with van der Waals surface area (Å²) in [6, 6.07) is 0.565. The van der Waals surface area contributed by atoms with Gasteiger partial charge in [0.15, 0.2) is 0 Å². The maximum atomic E-state index is 4.31. The first-order chi connectivity index (χ1) is 9.15. The SMILES string of the molecule is CCCCCCC(C)n1cncc1CNCC(C)C. The number of hydrogen-bond donors (Lipinski definition) is 1. The minimum atomic E-state index is 0.565. The molecule has 0 saturated carbocycles. The van der Waals surface area contributed by atoms with Crippen molar-refractivity contribution in [3.8, 4) is 0 Å². The van der Waals surface area contributed by atoms with Crippen molar-refractivity contribution in [2.24, 2.45) is 5.92 Å². The lowest BCUT2D eigenvalue weighted by atomic mass is 10.1. The van der Waals surface area contributed by atoms with E-state index in [-0.39, 0.29) is 0 Å². The van der Waals surface area contributed by atoms with Gasteiger partial charge in [0.25, 0.3) is 0 Å². The fourth-order valence-corrected chi connectivity index (χ4v) is 2.36. The maximum absolute atomic E-state index is 4.31. The van der Waals surface area contributed by atoms with Crippen LogP contribution in [0.15, 0.2) is 12.5 Å². The van der Waals surface area contributed by atoms with Gasteiger partial charge in [-0.2, -0.15) is 0 Å². The van der Waals surface area contributed by atoms with Gasteiger partial charge in [0, 0.05) is 18.8 Å². The van der Waals surface area contributed by atoms with Crippen LogP contribution in [0.1, 0.15) is 71.5 Å². The standard InChI is InChI=1S/C16H31N3/c1-5-6-7-8-9-15(4)19-13-18-12-16(19)11-17-10-14(2)3/h12-15,17H,5-11H2,1-4H3. The lowest BCUT2D eigenvalue weighted by Crippen LogP contribution is -2.21. The molecule has 1 heterocycles. The molecule has 0 saturated heterocycles. The summed E-state index contributed by atoms with van der Waals surface area (Å²) in [5, 5.41) is 3.50. The number of nitrogens with zero attached hydrogens (tertiary/aromatic N) is 2. The van der Waals surface area contributed by atoms with E-state index in [1.807, 2.05) is 12.5 Å². The van der Waals surface area contributed by atoms with Crippen molar-refractivity contribution < 1.29 is 0 Å². The molecule has 0 aliphatic rings. The molecule has 19 heavy (non-hydrogen) atoms. The first-order valence-electron chi connectivity index (χ1n) is 7.86. The minimum Gasteiger partial charge on any atom is -0.331 e. The van der Waals surface area contributed by atoms with Crippen molar-refractivity contribution in [3.63, 3.8) is 0 Å². The zero-order valence-corrected chi connectivity index (χ0v) is 13.2. The molecule has 0 radical (unpaired) electrons. The van der Waals surface area contributed by atoms with Crippen LogP contribution >= 0.6 is 0 Å². The molecular weight excluding hydrogens is 234 g/mol. The summed E-state index contributed by atoms with van der Waals surface area (Å²) in [5.74, 6) is 0.697. The van der Waals surface area contributed by atoms with Crippen LogP contribution in [0.25, 0.3) is 0 Å². The van der Waals surface area contributed by atoms with Gasteiger partial charge in [-0.1, -0.05) is 46.5 Å². The normalized spacial score (nSPS) is 13.1. The second-order valence-corrected chi connectivity index (χ2v) is 6.02. The molecule has 0 fully saturated rings. The highest BCUT2D eigenvalue weighted by Gasteiger charge is 2.09. The summed E-state index contributed by atoms with van der Waals surface area (Å²) in [6.45, 7) is 11.0. The number of imidazole rings is 1. The molecule has 0 bridgehead atoms. The van der Waals surface area contributed by atoms with Crippen LogP contribution in [0.5, 0.6) is 0 Å². The summed E-state index contributed by atoms with van der Waals surface area (Å²) in [6.07, 6.45) is 10.6. The maximum Gasteiger partial charge on any atom is 0.0951 e.